The van der Waals surface area contributed by atoms with Crippen LogP contribution in [0.5, 0.6) is 0 Å². The van der Waals surface area contributed by atoms with E-state index in [0.29, 0.717) is 11.6 Å². The minimum atomic E-state index is 0.0807. The standard InChI is InChI=1S/C24H32N4O/c1-2-26-14-16-27(17-15-26)22-8-11-25-23(19-22)24(29)28-12-9-21(10-13-28)18-20-6-4-3-5-7-20/h3-8,11,19,21H,2,9-10,12-18H2,1H3. The molecule has 0 atom stereocenters. The predicted octanol–water partition coefficient (Wildman–Crippen LogP) is 3.32. The summed E-state index contributed by atoms with van der Waals surface area (Å²) in [7, 11) is 0. The Balaban J connectivity index is 1.33. The normalized spacial score (nSPS) is 18.8. The fourth-order valence-electron chi connectivity index (χ4n) is 4.50. The number of pyridine rings is 1. The molecule has 2 aliphatic rings. The van der Waals surface area contributed by atoms with Crippen LogP contribution in [-0.4, -0.2) is 66.5 Å². The summed E-state index contributed by atoms with van der Waals surface area (Å²) in [4.78, 5) is 24.3. The third kappa shape index (κ3) is 4.96. The Hall–Kier alpha value is -2.40. The molecule has 2 aliphatic heterocycles. The van der Waals surface area contributed by atoms with Crippen LogP contribution in [0.3, 0.4) is 0 Å². The van der Waals surface area contributed by atoms with Crippen molar-refractivity contribution in [3.8, 4) is 0 Å². The average molecular weight is 393 g/mol. The molecule has 3 heterocycles. The van der Waals surface area contributed by atoms with Crippen molar-refractivity contribution in [2.24, 2.45) is 5.92 Å². The summed E-state index contributed by atoms with van der Waals surface area (Å²) < 4.78 is 0. The number of hydrogen-bond acceptors (Lipinski definition) is 4. The van der Waals surface area contributed by atoms with Crippen LogP contribution in [0, 0.1) is 5.92 Å². The minimum Gasteiger partial charge on any atom is -0.369 e. The first kappa shape index (κ1) is 19.9. The van der Waals surface area contributed by atoms with Gasteiger partial charge in [-0.2, -0.15) is 0 Å². The fraction of sp³-hybridized carbons (Fsp3) is 0.500. The zero-order valence-corrected chi connectivity index (χ0v) is 17.5. The number of piperazine rings is 1. The number of piperidine rings is 1. The lowest BCUT2D eigenvalue weighted by molar-refractivity contribution is 0.0684. The second kappa shape index (κ2) is 9.40. The summed E-state index contributed by atoms with van der Waals surface area (Å²) in [5.74, 6) is 0.743. The SMILES string of the molecule is CCN1CCN(c2ccnc(C(=O)N3CCC(Cc4ccccc4)CC3)c2)CC1. The molecular weight excluding hydrogens is 360 g/mol. The Labute approximate surface area is 174 Å². The molecule has 0 bridgehead atoms. The van der Waals surface area contributed by atoms with E-state index in [1.807, 2.05) is 17.0 Å². The second-order valence-electron chi connectivity index (χ2n) is 8.25. The number of benzene rings is 1. The average Bonchev–Trinajstić information content (AvgIpc) is 2.80. The zero-order chi connectivity index (χ0) is 20.1. The zero-order valence-electron chi connectivity index (χ0n) is 17.5. The molecule has 1 aromatic heterocycles. The van der Waals surface area contributed by atoms with Gasteiger partial charge in [-0.3, -0.25) is 9.78 Å². The highest BCUT2D eigenvalue weighted by Gasteiger charge is 2.25. The van der Waals surface area contributed by atoms with Crippen LogP contribution in [0.15, 0.2) is 48.7 Å². The summed E-state index contributed by atoms with van der Waals surface area (Å²) in [5.41, 5.74) is 3.11. The van der Waals surface area contributed by atoms with E-state index in [4.69, 9.17) is 0 Å². The van der Waals surface area contributed by atoms with Crippen LogP contribution in [0.1, 0.15) is 35.8 Å². The molecule has 2 fully saturated rings. The number of likely N-dealkylation sites (tertiary alicyclic amines) is 1. The lowest BCUT2D eigenvalue weighted by Crippen LogP contribution is -2.46. The summed E-state index contributed by atoms with van der Waals surface area (Å²) >= 11 is 0. The largest absolute Gasteiger partial charge is 0.369 e. The van der Waals surface area contributed by atoms with Crippen molar-refractivity contribution in [2.75, 3.05) is 50.7 Å². The van der Waals surface area contributed by atoms with Crippen LogP contribution in [0.4, 0.5) is 5.69 Å². The van der Waals surface area contributed by atoms with Gasteiger partial charge in [-0.15, -0.1) is 0 Å². The first-order chi connectivity index (χ1) is 14.2. The van der Waals surface area contributed by atoms with Crippen LogP contribution in [-0.2, 0) is 6.42 Å². The predicted molar refractivity (Wildman–Crippen MR) is 117 cm³/mol. The number of aromatic nitrogens is 1. The van der Waals surface area contributed by atoms with E-state index in [1.54, 1.807) is 6.20 Å². The van der Waals surface area contributed by atoms with Crippen molar-refractivity contribution in [1.29, 1.82) is 0 Å². The van der Waals surface area contributed by atoms with Gasteiger partial charge in [0.15, 0.2) is 0 Å². The van der Waals surface area contributed by atoms with E-state index in [9.17, 15) is 4.79 Å². The van der Waals surface area contributed by atoms with Crippen LogP contribution >= 0.6 is 0 Å². The number of nitrogens with zero attached hydrogens (tertiary/aromatic N) is 4. The van der Waals surface area contributed by atoms with E-state index in [0.717, 1.165) is 70.8 Å². The van der Waals surface area contributed by atoms with Gasteiger partial charge in [0.25, 0.3) is 5.91 Å². The maximum atomic E-state index is 13.0. The summed E-state index contributed by atoms with van der Waals surface area (Å²) in [5, 5.41) is 0. The second-order valence-corrected chi connectivity index (χ2v) is 8.25. The molecule has 5 heteroatoms. The van der Waals surface area contributed by atoms with Crippen molar-refractivity contribution in [1.82, 2.24) is 14.8 Å². The van der Waals surface area contributed by atoms with Gasteiger partial charge < -0.3 is 14.7 Å². The highest BCUT2D eigenvalue weighted by atomic mass is 16.2. The smallest absolute Gasteiger partial charge is 0.272 e. The van der Waals surface area contributed by atoms with Crippen LogP contribution in [0.2, 0.25) is 0 Å². The van der Waals surface area contributed by atoms with E-state index >= 15 is 0 Å². The number of hydrogen-bond donors (Lipinski definition) is 0. The molecule has 4 rings (SSSR count). The Morgan fingerprint density at radius 1 is 1.00 bits per heavy atom. The van der Waals surface area contributed by atoms with Gasteiger partial charge in [0.1, 0.15) is 5.69 Å². The molecule has 0 N–H and O–H groups in total. The Bertz CT molecular complexity index is 794. The molecule has 2 aromatic rings. The quantitative estimate of drug-likeness (QED) is 0.783. The highest BCUT2D eigenvalue weighted by Crippen LogP contribution is 2.24. The number of likely N-dealkylation sites (N-methyl/N-ethyl adjacent to an activating group) is 1. The number of anilines is 1. The molecule has 1 aromatic carbocycles. The lowest BCUT2D eigenvalue weighted by Gasteiger charge is -2.35. The van der Waals surface area contributed by atoms with Crippen molar-refractivity contribution >= 4 is 11.6 Å². The Morgan fingerprint density at radius 3 is 2.41 bits per heavy atom. The van der Waals surface area contributed by atoms with E-state index in [1.165, 1.54) is 5.56 Å². The molecule has 154 valence electrons. The highest BCUT2D eigenvalue weighted by molar-refractivity contribution is 5.93. The van der Waals surface area contributed by atoms with Gasteiger partial charge in [-0.05, 0) is 49.4 Å². The minimum absolute atomic E-state index is 0.0807. The molecule has 5 nitrogen and oxygen atoms in total. The molecular formula is C24H32N4O. The van der Waals surface area contributed by atoms with Gasteiger partial charge in [0.2, 0.25) is 0 Å². The summed E-state index contributed by atoms with van der Waals surface area (Å²) in [6, 6.07) is 14.7. The molecule has 2 saturated heterocycles. The maximum absolute atomic E-state index is 13.0. The van der Waals surface area contributed by atoms with Crippen LogP contribution < -0.4 is 4.90 Å². The van der Waals surface area contributed by atoms with Gasteiger partial charge in [0, 0.05) is 51.2 Å². The third-order valence-electron chi connectivity index (χ3n) is 6.42. The van der Waals surface area contributed by atoms with Crippen LogP contribution in [0.25, 0.3) is 0 Å². The van der Waals surface area contributed by atoms with Crippen molar-refractivity contribution < 1.29 is 4.79 Å². The molecule has 0 spiro atoms. The van der Waals surface area contributed by atoms with Gasteiger partial charge >= 0.3 is 0 Å². The van der Waals surface area contributed by atoms with Crippen molar-refractivity contribution in [3.63, 3.8) is 0 Å². The monoisotopic (exact) mass is 392 g/mol. The topological polar surface area (TPSA) is 39.7 Å². The number of carbonyl (C=O) groups excluding carboxylic acids is 1. The lowest BCUT2D eigenvalue weighted by atomic mass is 9.90. The van der Waals surface area contributed by atoms with Gasteiger partial charge in [0.05, 0.1) is 0 Å². The van der Waals surface area contributed by atoms with Gasteiger partial charge in [-0.1, -0.05) is 37.3 Å². The van der Waals surface area contributed by atoms with E-state index in [2.05, 4.69) is 52.0 Å². The van der Waals surface area contributed by atoms with Gasteiger partial charge in [-0.25, -0.2) is 0 Å². The third-order valence-corrected chi connectivity index (χ3v) is 6.42. The van der Waals surface area contributed by atoms with E-state index < -0.39 is 0 Å². The van der Waals surface area contributed by atoms with Crippen molar-refractivity contribution in [3.05, 3.63) is 59.9 Å². The first-order valence-electron chi connectivity index (χ1n) is 11.0. The number of amides is 1. The Kier molecular flexibility index (Phi) is 6.45. The fourth-order valence-corrected chi connectivity index (χ4v) is 4.50. The molecule has 29 heavy (non-hydrogen) atoms. The Morgan fingerprint density at radius 2 is 1.72 bits per heavy atom. The number of carbonyl (C=O) groups is 1. The molecule has 0 saturated carbocycles. The molecule has 1 amide bonds. The molecule has 0 radical (unpaired) electrons. The van der Waals surface area contributed by atoms with E-state index in [-0.39, 0.29) is 5.91 Å². The first-order valence-corrected chi connectivity index (χ1v) is 11.0. The summed E-state index contributed by atoms with van der Waals surface area (Å²) in [6.45, 7) is 9.16. The molecule has 0 unspecified atom stereocenters. The molecule has 0 aliphatic carbocycles. The number of rotatable bonds is 5. The maximum Gasteiger partial charge on any atom is 0.272 e. The summed E-state index contributed by atoms with van der Waals surface area (Å²) in [6.07, 6.45) is 5.04. The van der Waals surface area contributed by atoms with Crippen molar-refractivity contribution in [2.45, 2.75) is 26.2 Å².